The number of hydrogen-bond donors (Lipinski definition) is 2. The van der Waals surface area contributed by atoms with Gasteiger partial charge in [0, 0.05) is 10.5 Å². The van der Waals surface area contributed by atoms with E-state index in [1.807, 2.05) is 0 Å². The zero-order valence-corrected chi connectivity index (χ0v) is 10.5. The van der Waals surface area contributed by atoms with Crippen molar-refractivity contribution < 1.29 is 9.18 Å². The maximum atomic E-state index is 13.5. The van der Waals surface area contributed by atoms with Gasteiger partial charge in [0.05, 0.1) is 5.56 Å². The number of nitrogens with zero attached hydrogens (tertiary/aromatic N) is 1. The van der Waals surface area contributed by atoms with Gasteiger partial charge in [-0.2, -0.15) is 5.10 Å². The summed E-state index contributed by atoms with van der Waals surface area (Å²) < 4.78 is 14.0. The van der Waals surface area contributed by atoms with Crippen LogP contribution in [0.5, 0.6) is 0 Å². The lowest BCUT2D eigenvalue weighted by Gasteiger charge is -2.04. The molecule has 0 saturated heterocycles. The first-order valence-corrected chi connectivity index (χ1v) is 5.68. The highest BCUT2D eigenvalue weighted by molar-refractivity contribution is 9.10. The number of amides is 1. The van der Waals surface area contributed by atoms with Crippen LogP contribution in [-0.4, -0.2) is 16.1 Å². The Labute approximate surface area is 109 Å². The van der Waals surface area contributed by atoms with Crippen molar-refractivity contribution in [2.24, 2.45) is 0 Å². The van der Waals surface area contributed by atoms with Gasteiger partial charge in [0.25, 0.3) is 11.5 Å². The molecule has 7 heteroatoms. The Bertz CT molecular complexity index is 636. The van der Waals surface area contributed by atoms with Crippen molar-refractivity contribution >= 4 is 27.7 Å². The van der Waals surface area contributed by atoms with E-state index in [1.54, 1.807) is 6.07 Å². The van der Waals surface area contributed by atoms with Crippen LogP contribution in [0.4, 0.5) is 10.2 Å². The second-order valence-corrected chi connectivity index (χ2v) is 4.30. The standard InChI is InChI=1S/C11H7BrFN3O2/c12-6-1-2-7(8(13)5-6)11(18)14-9-3-4-10(17)16-15-9/h1-5H,(H,16,17)(H,14,15,18). The van der Waals surface area contributed by atoms with Gasteiger partial charge in [0.15, 0.2) is 5.82 Å². The number of carbonyl (C=O) groups excluding carboxylic acids is 1. The van der Waals surface area contributed by atoms with Gasteiger partial charge in [0.1, 0.15) is 5.82 Å². The number of anilines is 1. The minimum Gasteiger partial charge on any atom is -0.305 e. The minimum absolute atomic E-state index is 0.105. The second-order valence-electron chi connectivity index (χ2n) is 3.38. The molecule has 0 atom stereocenters. The van der Waals surface area contributed by atoms with E-state index in [4.69, 9.17) is 0 Å². The molecular weight excluding hydrogens is 305 g/mol. The van der Waals surface area contributed by atoms with E-state index in [1.165, 1.54) is 24.3 Å². The Morgan fingerprint density at radius 2 is 2.11 bits per heavy atom. The van der Waals surface area contributed by atoms with Gasteiger partial charge in [-0.25, -0.2) is 9.49 Å². The molecule has 1 heterocycles. The molecule has 18 heavy (non-hydrogen) atoms. The Morgan fingerprint density at radius 3 is 2.72 bits per heavy atom. The van der Waals surface area contributed by atoms with Crippen LogP contribution in [0.25, 0.3) is 0 Å². The number of benzene rings is 1. The van der Waals surface area contributed by atoms with Crippen LogP contribution in [0.1, 0.15) is 10.4 Å². The minimum atomic E-state index is -0.647. The van der Waals surface area contributed by atoms with Crippen molar-refractivity contribution in [3.05, 3.63) is 56.5 Å². The van der Waals surface area contributed by atoms with Crippen LogP contribution in [0.2, 0.25) is 0 Å². The van der Waals surface area contributed by atoms with Crippen molar-refractivity contribution in [3.63, 3.8) is 0 Å². The predicted octanol–water partition coefficient (Wildman–Crippen LogP) is 1.92. The van der Waals surface area contributed by atoms with Gasteiger partial charge < -0.3 is 5.32 Å². The molecule has 2 rings (SSSR count). The molecule has 0 radical (unpaired) electrons. The molecule has 0 fully saturated rings. The monoisotopic (exact) mass is 311 g/mol. The number of aromatic amines is 1. The summed E-state index contributed by atoms with van der Waals surface area (Å²) in [4.78, 5) is 22.5. The van der Waals surface area contributed by atoms with Crippen LogP contribution < -0.4 is 10.9 Å². The quantitative estimate of drug-likeness (QED) is 0.890. The summed E-state index contributed by atoms with van der Waals surface area (Å²) in [5.41, 5.74) is -0.492. The third kappa shape index (κ3) is 2.80. The SMILES string of the molecule is O=C(Nc1ccc(=O)[nH]n1)c1ccc(Br)cc1F. The highest BCUT2D eigenvalue weighted by atomic mass is 79.9. The molecule has 1 amide bonds. The third-order valence-corrected chi connectivity index (χ3v) is 2.59. The highest BCUT2D eigenvalue weighted by Gasteiger charge is 2.12. The first-order chi connectivity index (χ1) is 8.56. The summed E-state index contributed by atoms with van der Waals surface area (Å²) in [6.07, 6.45) is 0. The molecule has 0 unspecified atom stereocenters. The van der Waals surface area contributed by atoms with Crippen molar-refractivity contribution in [3.8, 4) is 0 Å². The average molecular weight is 312 g/mol. The molecule has 92 valence electrons. The van der Waals surface area contributed by atoms with Crippen molar-refractivity contribution in [1.29, 1.82) is 0 Å². The topological polar surface area (TPSA) is 74.8 Å². The lowest BCUT2D eigenvalue weighted by Crippen LogP contribution is -2.16. The number of hydrogen-bond acceptors (Lipinski definition) is 3. The predicted molar refractivity (Wildman–Crippen MR) is 66.9 cm³/mol. The number of rotatable bonds is 2. The maximum absolute atomic E-state index is 13.5. The zero-order chi connectivity index (χ0) is 13.1. The molecule has 0 aliphatic heterocycles. The Kier molecular flexibility index (Phi) is 3.52. The molecule has 0 aliphatic rings. The number of nitrogens with one attached hydrogen (secondary N) is 2. The van der Waals surface area contributed by atoms with E-state index in [9.17, 15) is 14.0 Å². The van der Waals surface area contributed by atoms with Gasteiger partial charge in [0.2, 0.25) is 0 Å². The van der Waals surface area contributed by atoms with Crippen molar-refractivity contribution in [1.82, 2.24) is 10.2 Å². The first-order valence-electron chi connectivity index (χ1n) is 4.88. The van der Waals surface area contributed by atoms with Crippen LogP contribution in [0.3, 0.4) is 0 Å². The Hall–Kier alpha value is -2.02. The first kappa shape index (κ1) is 12.4. The lowest BCUT2D eigenvalue weighted by molar-refractivity contribution is 0.102. The van der Waals surface area contributed by atoms with Crippen LogP contribution in [0, 0.1) is 5.82 Å². The lowest BCUT2D eigenvalue weighted by atomic mass is 10.2. The maximum Gasteiger partial charge on any atom is 0.264 e. The zero-order valence-electron chi connectivity index (χ0n) is 8.91. The third-order valence-electron chi connectivity index (χ3n) is 2.10. The number of aromatic nitrogens is 2. The molecule has 5 nitrogen and oxygen atoms in total. The van der Waals surface area contributed by atoms with Crippen LogP contribution in [0.15, 0.2) is 39.6 Å². The molecular formula is C11H7BrFN3O2. The molecule has 1 aromatic carbocycles. The number of carbonyl (C=O) groups is 1. The summed E-state index contributed by atoms with van der Waals surface area (Å²) in [5, 5.41) is 8.12. The van der Waals surface area contributed by atoms with E-state index in [0.717, 1.165) is 0 Å². The molecule has 1 aromatic heterocycles. The van der Waals surface area contributed by atoms with E-state index in [-0.39, 0.29) is 16.9 Å². The van der Waals surface area contributed by atoms with Gasteiger partial charge in [-0.15, -0.1) is 0 Å². The Morgan fingerprint density at radius 1 is 1.33 bits per heavy atom. The summed E-state index contributed by atoms with van der Waals surface area (Å²) >= 11 is 3.10. The van der Waals surface area contributed by atoms with Crippen molar-refractivity contribution in [2.75, 3.05) is 5.32 Å². The van der Waals surface area contributed by atoms with Crippen molar-refractivity contribution in [2.45, 2.75) is 0 Å². The molecule has 2 N–H and O–H groups in total. The summed E-state index contributed by atoms with van der Waals surface area (Å²) in [5.74, 6) is -1.15. The number of halogens is 2. The molecule has 0 aliphatic carbocycles. The number of H-pyrrole nitrogens is 1. The Balaban J connectivity index is 2.22. The van der Waals surface area contributed by atoms with E-state index < -0.39 is 11.7 Å². The van der Waals surface area contributed by atoms with Crippen LogP contribution in [-0.2, 0) is 0 Å². The second kappa shape index (κ2) is 5.09. The summed E-state index contributed by atoms with van der Waals surface area (Å²) in [6.45, 7) is 0. The molecule has 0 bridgehead atoms. The van der Waals surface area contributed by atoms with E-state index in [2.05, 4.69) is 31.4 Å². The molecule has 0 saturated carbocycles. The van der Waals surface area contributed by atoms with E-state index >= 15 is 0 Å². The summed E-state index contributed by atoms with van der Waals surface area (Å²) in [6, 6.07) is 6.63. The molecule has 2 aromatic rings. The highest BCUT2D eigenvalue weighted by Crippen LogP contribution is 2.16. The summed E-state index contributed by atoms with van der Waals surface area (Å²) in [7, 11) is 0. The largest absolute Gasteiger partial charge is 0.305 e. The normalized spacial score (nSPS) is 10.1. The van der Waals surface area contributed by atoms with Gasteiger partial charge in [-0.05, 0) is 24.3 Å². The fourth-order valence-corrected chi connectivity index (χ4v) is 1.60. The van der Waals surface area contributed by atoms with Crippen LogP contribution >= 0.6 is 15.9 Å². The van der Waals surface area contributed by atoms with E-state index in [0.29, 0.717) is 4.47 Å². The van der Waals surface area contributed by atoms with Gasteiger partial charge in [-0.3, -0.25) is 9.59 Å². The van der Waals surface area contributed by atoms with Gasteiger partial charge in [-0.1, -0.05) is 15.9 Å². The van der Waals surface area contributed by atoms with Gasteiger partial charge >= 0.3 is 0 Å². The molecule has 0 spiro atoms. The smallest absolute Gasteiger partial charge is 0.264 e. The fourth-order valence-electron chi connectivity index (χ4n) is 1.27. The fraction of sp³-hybridized carbons (Fsp3) is 0. The average Bonchev–Trinajstić information content (AvgIpc) is 2.32.